The van der Waals surface area contributed by atoms with Gasteiger partial charge in [0, 0.05) is 20.5 Å². The standard InChI is InChI=1S/C28H28F4N4O2S/c1-35(2)24(37)6-3-5-17-7-8-18(13-22(17)29)20-9-10-25(39)36(26(38)27(20)11-4-12-27)19-14-21(28(30,31)32)23(15-33)34-16-19/h7-8,13-14,16,20H,3-6,9-12H2,1-2H3. The van der Waals surface area contributed by atoms with Crippen LogP contribution in [0.5, 0.6) is 0 Å². The molecule has 1 atom stereocenters. The van der Waals surface area contributed by atoms with Gasteiger partial charge in [0.1, 0.15) is 11.9 Å². The first-order valence-electron chi connectivity index (χ1n) is 12.7. The molecule has 11 heteroatoms. The lowest BCUT2D eigenvalue weighted by Crippen LogP contribution is -2.51. The highest BCUT2D eigenvalue weighted by Crippen LogP contribution is 2.56. The minimum Gasteiger partial charge on any atom is -0.349 e. The molecule has 2 aromatic rings. The van der Waals surface area contributed by atoms with Gasteiger partial charge in [0.15, 0.2) is 5.69 Å². The molecule has 0 bridgehead atoms. The molecular weight excluding hydrogens is 532 g/mol. The molecule has 39 heavy (non-hydrogen) atoms. The van der Waals surface area contributed by atoms with Gasteiger partial charge in [-0.1, -0.05) is 30.8 Å². The van der Waals surface area contributed by atoms with Gasteiger partial charge in [0.05, 0.1) is 27.9 Å². The van der Waals surface area contributed by atoms with Crippen LogP contribution in [0.25, 0.3) is 0 Å². The van der Waals surface area contributed by atoms with Crippen LogP contribution in [-0.2, 0) is 22.2 Å². The molecule has 2 heterocycles. The summed E-state index contributed by atoms with van der Waals surface area (Å²) in [6, 6.07) is 7.11. The van der Waals surface area contributed by atoms with E-state index in [0.29, 0.717) is 49.7 Å². The van der Waals surface area contributed by atoms with Gasteiger partial charge in [-0.05, 0) is 67.7 Å². The molecule has 1 aliphatic heterocycles. The zero-order valence-corrected chi connectivity index (χ0v) is 22.5. The van der Waals surface area contributed by atoms with Crippen molar-refractivity contribution >= 4 is 34.7 Å². The Bertz CT molecular complexity index is 1350. The molecule has 1 saturated carbocycles. The summed E-state index contributed by atoms with van der Waals surface area (Å²) in [6.07, 6.45) is -0.127. The van der Waals surface area contributed by atoms with Crippen LogP contribution in [0.1, 0.15) is 73.2 Å². The van der Waals surface area contributed by atoms with Crippen molar-refractivity contribution in [2.75, 3.05) is 19.0 Å². The van der Waals surface area contributed by atoms with Crippen LogP contribution >= 0.6 is 12.2 Å². The van der Waals surface area contributed by atoms with Crippen molar-refractivity contribution in [3.8, 4) is 6.07 Å². The normalized spacial score (nSPS) is 18.9. The smallest absolute Gasteiger partial charge is 0.349 e. The number of alkyl halides is 3. The number of thiocarbonyl (C=S) groups is 1. The minimum atomic E-state index is -4.83. The van der Waals surface area contributed by atoms with Gasteiger partial charge < -0.3 is 4.90 Å². The number of carbonyl (C=O) groups excluding carboxylic acids is 2. The Morgan fingerprint density at radius 3 is 2.56 bits per heavy atom. The van der Waals surface area contributed by atoms with Crippen molar-refractivity contribution in [2.24, 2.45) is 5.41 Å². The summed E-state index contributed by atoms with van der Waals surface area (Å²) in [5, 5.41) is 9.09. The monoisotopic (exact) mass is 560 g/mol. The number of hydrogen-bond donors (Lipinski definition) is 0. The first-order valence-corrected chi connectivity index (χ1v) is 13.1. The number of anilines is 1. The van der Waals surface area contributed by atoms with Gasteiger partial charge >= 0.3 is 6.18 Å². The topological polar surface area (TPSA) is 77.3 Å². The van der Waals surface area contributed by atoms with E-state index < -0.39 is 34.6 Å². The van der Waals surface area contributed by atoms with Gasteiger partial charge in [-0.2, -0.15) is 18.4 Å². The summed E-state index contributed by atoms with van der Waals surface area (Å²) in [5.74, 6) is -1.24. The second-order valence-electron chi connectivity index (χ2n) is 10.3. The minimum absolute atomic E-state index is 0.0312. The molecule has 0 radical (unpaired) electrons. The molecule has 1 aromatic heterocycles. The maximum Gasteiger partial charge on any atom is 0.419 e. The Hall–Kier alpha value is -3.39. The van der Waals surface area contributed by atoms with E-state index in [9.17, 15) is 22.8 Å². The van der Waals surface area contributed by atoms with E-state index in [4.69, 9.17) is 17.5 Å². The molecule has 0 N–H and O–H groups in total. The van der Waals surface area contributed by atoms with Gasteiger partial charge in [0.2, 0.25) is 11.8 Å². The van der Waals surface area contributed by atoms with Crippen LogP contribution in [0.4, 0.5) is 23.2 Å². The third-order valence-electron chi connectivity index (χ3n) is 7.80. The molecule has 2 aliphatic rings. The van der Waals surface area contributed by atoms with Crippen molar-refractivity contribution in [3.05, 3.63) is 58.7 Å². The number of nitriles is 1. The molecule has 1 aliphatic carbocycles. The first-order chi connectivity index (χ1) is 18.4. The molecule has 4 rings (SSSR count). The molecule has 6 nitrogen and oxygen atoms in total. The Labute approximate surface area is 229 Å². The SMILES string of the molecule is CN(C)C(=O)CCCc1ccc(C2CCC(=S)N(c3cnc(C#N)c(C(F)(F)F)c3)C(=O)C23CCC3)cc1F. The highest BCUT2D eigenvalue weighted by molar-refractivity contribution is 7.80. The summed E-state index contributed by atoms with van der Waals surface area (Å²) in [4.78, 5) is 32.3. The Morgan fingerprint density at radius 1 is 1.28 bits per heavy atom. The number of pyridine rings is 1. The van der Waals surface area contributed by atoms with Gasteiger partial charge in [-0.3, -0.25) is 14.5 Å². The number of aromatic nitrogens is 1. The largest absolute Gasteiger partial charge is 0.419 e. The van der Waals surface area contributed by atoms with Crippen molar-refractivity contribution in [3.63, 3.8) is 0 Å². The van der Waals surface area contributed by atoms with E-state index in [1.807, 2.05) is 0 Å². The number of aryl methyl sites for hydroxylation is 1. The molecule has 1 unspecified atom stereocenters. The van der Waals surface area contributed by atoms with Crippen LogP contribution in [-0.4, -0.2) is 40.8 Å². The fraction of sp³-hybridized carbons (Fsp3) is 0.464. The Morgan fingerprint density at radius 2 is 2.00 bits per heavy atom. The molecule has 1 aromatic carbocycles. The lowest BCUT2D eigenvalue weighted by atomic mass is 9.58. The van der Waals surface area contributed by atoms with Crippen LogP contribution in [0, 0.1) is 22.6 Å². The van der Waals surface area contributed by atoms with Gasteiger partial charge in [0.25, 0.3) is 0 Å². The quantitative estimate of drug-likeness (QED) is 0.323. The van der Waals surface area contributed by atoms with Gasteiger partial charge in [-0.25, -0.2) is 9.37 Å². The van der Waals surface area contributed by atoms with E-state index in [-0.39, 0.29) is 28.9 Å². The second-order valence-corrected chi connectivity index (χ2v) is 10.8. The highest BCUT2D eigenvalue weighted by Gasteiger charge is 2.54. The fourth-order valence-corrected chi connectivity index (χ4v) is 5.83. The predicted molar refractivity (Wildman–Crippen MR) is 140 cm³/mol. The second kappa shape index (κ2) is 11.0. The van der Waals surface area contributed by atoms with Crippen LogP contribution < -0.4 is 4.90 Å². The third-order valence-corrected chi connectivity index (χ3v) is 8.18. The predicted octanol–water partition coefficient (Wildman–Crippen LogP) is 5.93. The van der Waals surface area contributed by atoms with Crippen LogP contribution in [0.15, 0.2) is 30.5 Å². The number of benzene rings is 1. The van der Waals surface area contributed by atoms with E-state index in [0.717, 1.165) is 23.6 Å². The Balaban J connectivity index is 1.63. The molecular formula is C28H28F4N4O2S. The molecule has 2 amide bonds. The number of amides is 2. The third kappa shape index (κ3) is 5.53. The van der Waals surface area contributed by atoms with Crippen molar-refractivity contribution in [1.82, 2.24) is 9.88 Å². The van der Waals surface area contributed by atoms with E-state index in [1.165, 1.54) is 17.0 Å². The first kappa shape index (κ1) is 28.6. The summed E-state index contributed by atoms with van der Waals surface area (Å²) in [5.41, 5.74) is -1.94. The number of hydrogen-bond acceptors (Lipinski definition) is 5. The maximum atomic E-state index is 15.1. The van der Waals surface area contributed by atoms with Crippen molar-refractivity contribution in [2.45, 2.75) is 63.5 Å². The summed E-state index contributed by atoms with van der Waals surface area (Å²) in [7, 11) is 3.34. The molecule has 2 fully saturated rings. The molecule has 206 valence electrons. The highest BCUT2D eigenvalue weighted by atomic mass is 32.1. The summed E-state index contributed by atoms with van der Waals surface area (Å²) < 4.78 is 56.0. The lowest BCUT2D eigenvalue weighted by Gasteiger charge is -2.47. The zero-order chi connectivity index (χ0) is 28.5. The van der Waals surface area contributed by atoms with E-state index >= 15 is 4.39 Å². The number of halogens is 4. The number of nitrogens with zero attached hydrogens (tertiary/aromatic N) is 4. The average molecular weight is 561 g/mol. The summed E-state index contributed by atoms with van der Waals surface area (Å²) >= 11 is 5.51. The lowest BCUT2D eigenvalue weighted by molar-refractivity contribution is -0.138. The molecule has 1 spiro atoms. The van der Waals surface area contributed by atoms with E-state index in [1.54, 1.807) is 26.2 Å². The van der Waals surface area contributed by atoms with Gasteiger partial charge in [-0.15, -0.1) is 0 Å². The summed E-state index contributed by atoms with van der Waals surface area (Å²) in [6.45, 7) is 0. The van der Waals surface area contributed by atoms with Crippen LogP contribution in [0.3, 0.4) is 0 Å². The zero-order valence-electron chi connectivity index (χ0n) is 21.6. The van der Waals surface area contributed by atoms with Crippen molar-refractivity contribution in [1.29, 1.82) is 5.26 Å². The van der Waals surface area contributed by atoms with Crippen molar-refractivity contribution < 1.29 is 27.2 Å². The Kier molecular flexibility index (Phi) is 8.07. The fourth-order valence-electron chi connectivity index (χ4n) is 5.53. The maximum absolute atomic E-state index is 15.1. The molecule has 1 saturated heterocycles. The van der Waals surface area contributed by atoms with E-state index in [2.05, 4.69) is 4.98 Å². The van der Waals surface area contributed by atoms with Crippen LogP contribution in [0.2, 0.25) is 0 Å². The number of carbonyl (C=O) groups is 2. The number of rotatable bonds is 6. The average Bonchev–Trinajstić information content (AvgIpc) is 2.97.